The van der Waals surface area contributed by atoms with E-state index in [9.17, 15) is 16.8 Å². The zero-order valence-corrected chi connectivity index (χ0v) is 16.3. The van der Waals surface area contributed by atoms with Crippen LogP contribution in [0.15, 0.2) is 29.4 Å². The molecule has 0 unspecified atom stereocenters. The normalized spacial score (nSPS) is 17.9. The summed E-state index contributed by atoms with van der Waals surface area (Å²) < 4.78 is 54.9. The Morgan fingerprint density at radius 1 is 1.00 bits per heavy atom. The van der Waals surface area contributed by atoms with Crippen molar-refractivity contribution >= 4 is 20.2 Å². The Labute approximate surface area is 150 Å². The first-order valence-electron chi connectivity index (χ1n) is 8.49. The summed E-state index contributed by atoms with van der Waals surface area (Å²) >= 11 is 0. The summed E-state index contributed by atoms with van der Waals surface area (Å²) in [6.07, 6.45) is 4.31. The second-order valence-corrected chi connectivity index (χ2v) is 9.77. The van der Waals surface area contributed by atoms with Crippen LogP contribution in [0.2, 0.25) is 0 Å². The summed E-state index contributed by atoms with van der Waals surface area (Å²) in [6, 6.07) is 3.07. The summed E-state index contributed by atoms with van der Waals surface area (Å²) in [5.41, 5.74) is 0. The smallest absolute Gasteiger partial charge is 0.263 e. The molecule has 25 heavy (non-hydrogen) atoms. The molecule has 2 heterocycles. The van der Waals surface area contributed by atoms with Crippen molar-refractivity contribution in [3.8, 4) is 0 Å². The van der Waals surface area contributed by atoms with Crippen LogP contribution in [0, 0.1) is 0 Å². The highest BCUT2D eigenvalue weighted by Crippen LogP contribution is 2.19. The topological polar surface area (TPSA) is 90.9 Å². The molecule has 1 fully saturated rings. The first-order chi connectivity index (χ1) is 11.8. The molecule has 0 bridgehead atoms. The monoisotopic (exact) mass is 390 g/mol. The predicted molar refractivity (Wildman–Crippen MR) is 95.6 cm³/mol. The highest BCUT2D eigenvalue weighted by atomic mass is 32.2. The molecule has 1 aromatic rings. The lowest BCUT2D eigenvalue weighted by Crippen LogP contribution is -2.54. The largest absolute Gasteiger partial charge is 0.282 e. The van der Waals surface area contributed by atoms with E-state index in [4.69, 9.17) is 0 Å². The molecule has 0 saturated carbocycles. The zero-order chi connectivity index (χ0) is 18.5. The van der Waals surface area contributed by atoms with Gasteiger partial charge in [0.2, 0.25) is 10.0 Å². The lowest BCUT2D eigenvalue weighted by atomic mass is 10.4. The highest BCUT2D eigenvalue weighted by Gasteiger charge is 2.35. The van der Waals surface area contributed by atoms with Crippen LogP contribution in [-0.4, -0.2) is 74.0 Å². The summed E-state index contributed by atoms with van der Waals surface area (Å²) in [4.78, 5) is 3.97. The van der Waals surface area contributed by atoms with Crippen molar-refractivity contribution in [2.24, 2.45) is 0 Å². The predicted octanol–water partition coefficient (Wildman–Crippen LogP) is 0.755. The minimum Gasteiger partial charge on any atom is -0.263 e. The number of nitrogens with zero attached hydrogens (tertiary/aromatic N) is 4. The van der Waals surface area contributed by atoms with Crippen LogP contribution < -0.4 is 0 Å². The molecule has 0 N–H and O–H groups in total. The maximum absolute atomic E-state index is 12.8. The Kier molecular flexibility index (Phi) is 6.92. The van der Waals surface area contributed by atoms with E-state index >= 15 is 0 Å². The van der Waals surface area contributed by atoms with E-state index in [0.717, 1.165) is 12.8 Å². The lowest BCUT2D eigenvalue weighted by Gasteiger charge is -2.36. The van der Waals surface area contributed by atoms with E-state index in [1.165, 1.54) is 31.4 Å². The van der Waals surface area contributed by atoms with Gasteiger partial charge in [0.1, 0.15) is 4.90 Å². The van der Waals surface area contributed by atoms with Crippen LogP contribution in [0.4, 0.5) is 0 Å². The van der Waals surface area contributed by atoms with Gasteiger partial charge in [0.15, 0.2) is 0 Å². The van der Waals surface area contributed by atoms with Gasteiger partial charge in [0.25, 0.3) is 10.2 Å². The fourth-order valence-corrected chi connectivity index (χ4v) is 5.96. The fraction of sp³-hybridized carbons (Fsp3) is 0.667. The molecule has 0 aromatic carbocycles. The molecule has 2 rings (SSSR count). The van der Waals surface area contributed by atoms with Crippen molar-refractivity contribution < 1.29 is 16.8 Å². The molecule has 0 amide bonds. The van der Waals surface area contributed by atoms with Crippen LogP contribution in [0.1, 0.15) is 26.7 Å². The van der Waals surface area contributed by atoms with Gasteiger partial charge in [-0.05, 0) is 25.0 Å². The molecule has 10 heteroatoms. The Hall–Kier alpha value is -1.07. The number of pyridine rings is 1. The van der Waals surface area contributed by atoms with Crippen molar-refractivity contribution in [1.82, 2.24) is 17.9 Å². The van der Waals surface area contributed by atoms with Crippen molar-refractivity contribution in [1.29, 1.82) is 0 Å². The maximum atomic E-state index is 12.8. The molecule has 1 saturated heterocycles. The molecule has 142 valence electrons. The van der Waals surface area contributed by atoms with Crippen LogP contribution in [0.25, 0.3) is 0 Å². The summed E-state index contributed by atoms with van der Waals surface area (Å²) in [5.74, 6) is 0. The van der Waals surface area contributed by atoms with Gasteiger partial charge in [0.05, 0.1) is 0 Å². The number of piperazine rings is 1. The number of hydrogen-bond acceptors (Lipinski definition) is 5. The van der Waals surface area contributed by atoms with Crippen molar-refractivity contribution in [3.05, 3.63) is 24.5 Å². The van der Waals surface area contributed by atoms with Gasteiger partial charge in [0, 0.05) is 51.7 Å². The van der Waals surface area contributed by atoms with E-state index in [2.05, 4.69) is 4.98 Å². The summed E-state index contributed by atoms with van der Waals surface area (Å²) in [7, 11) is -7.19. The van der Waals surface area contributed by atoms with Crippen LogP contribution in [-0.2, 0) is 20.2 Å². The van der Waals surface area contributed by atoms with Gasteiger partial charge >= 0.3 is 0 Å². The van der Waals surface area contributed by atoms with Crippen molar-refractivity contribution in [2.75, 3.05) is 39.3 Å². The van der Waals surface area contributed by atoms with Crippen molar-refractivity contribution in [3.63, 3.8) is 0 Å². The standard InChI is InChI=1S/C15H26N4O4S2/c1-3-8-18(9-4-2)25(22,23)19-12-10-17(11-13-19)24(20,21)15-6-5-7-16-14-15/h5-7,14H,3-4,8-13H2,1-2H3. The fourth-order valence-electron chi connectivity index (χ4n) is 2.79. The second kappa shape index (κ2) is 8.54. The number of aromatic nitrogens is 1. The highest BCUT2D eigenvalue weighted by molar-refractivity contribution is 7.89. The van der Waals surface area contributed by atoms with Gasteiger partial charge in [-0.2, -0.15) is 21.3 Å². The molecule has 0 atom stereocenters. The third kappa shape index (κ3) is 4.56. The van der Waals surface area contributed by atoms with Crippen LogP contribution in [0.3, 0.4) is 0 Å². The SMILES string of the molecule is CCCN(CCC)S(=O)(=O)N1CCN(S(=O)(=O)c2cccnc2)CC1. The number of sulfonamides is 1. The average molecular weight is 391 g/mol. The molecule has 1 aromatic heterocycles. The number of rotatable bonds is 8. The average Bonchev–Trinajstić information content (AvgIpc) is 2.62. The van der Waals surface area contributed by atoms with Crippen molar-refractivity contribution in [2.45, 2.75) is 31.6 Å². The van der Waals surface area contributed by atoms with E-state index in [-0.39, 0.29) is 31.1 Å². The molecule has 8 nitrogen and oxygen atoms in total. The molecule has 0 radical (unpaired) electrons. The summed E-state index contributed by atoms with van der Waals surface area (Å²) in [5, 5.41) is 0. The van der Waals surface area contributed by atoms with E-state index in [1.807, 2.05) is 13.8 Å². The molecular formula is C15H26N4O4S2. The van der Waals surface area contributed by atoms with E-state index in [0.29, 0.717) is 13.1 Å². The lowest BCUT2D eigenvalue weighted by molar-refractivity contribution is 0.253. The van der Waals surface area contributed by atoms with Gasteiger partial charge in [-0.1, -0.05) is 13.8 Å². The first kappa shape index (κ1) is 20.2. The minimum absolute atomic E-state index is 0.130. The minimum atomic E-state index is -3.64. The van der Waals surface area contributed by atoms with Gasteiger partial charge in [-0.25, -0.2) is 8.42 Å². The zero-order valence-electron chi connectivity index (χ0n) is 14.7. The van der Waals surface area contributed by atoms with Gasteiger partial charge in [-0.15, -0.1) is 0 Å². The van der Waals surface area contributed by atoms with Gasteiger partial charge < -0.3 is 0 Å². The maximum Gasteiger partial charge on any atom is 0.282 e. The third-order valence-corrected chi connectivity index (χ3v) is 7.99. The van der Waals surface area contributed by atoms with E-state index < -0.39 is 20.2 Å². The molecule has 1 aliphatic heterocycles. The molecular weight excluding hydrogens is 364 g/mol. The number of hydrogen-bond donors (Lipinski definition) is 0. The van der Waals surface area contributed by atoms with Crippen LogP contribution >= 0.6 is 0 Å². The van der Waals surface area contributed by atoms with Gasteiger partial charge in [-0.3, -0.25) is 4.98 Å². The Balaban J connectivity index is 2.08. The van der Waals surface area contributed by atoms with E-state index in [1.54, 1.807) is 6.07 Å². The quantitative estimate of drug-likeness (QED) is 0.653. The Morgan fingerprint density at radius 3 is 2.04 bits per heavy atom. The van der Waals surface area contributed by atoms with Crippen LogP contribution in [0.5, 0.6) is 0 Å². The third-order valence-electron chi connectivity index (χ3n) is 4.07. The second-order valence-electron chi connectivity index (χ2n) is 5.90. The molecule has 0 spiro atoms. The Bertz CT molecular complexity index is 739. The molecule has 0 aliphatic carbocycles. The summed E-state index contributed by atoms with van der Waals surface area (Å²) in [6.45, 7) is 5.44. The molecule has 1 aliphatic rings. The first-order valence-corrected chi connectivity index (χ1v) is 11.3. The Morgan fingerprint density at radius 2 is 1.56 bits per heavy atom.